The number of thiazole rings is 1. The number of nitrogens with zero attached hydrogens (tertiary/aromatic N) is 3. The van der Waals surface area contributed by atoms with E-state index in [9.17, 15) is 8.42 Å². The second-order valence-electron chi connectivity index (χ2n) is 5.92. The molecule has 2 aromatic rings. The van der Waals surface area contributed by atoms with E-state index in [0.717, 1.165) is 35.0 Å². The van der Waals surface area contributed by atoms with Crippen molar-refractivity contribution in [1.82, 2.24) is 15.2 Å². The van der Waals surface area contributed by atoms with Crippen LogP contribution in [0.5, 0.6) is 0 Å². The third kappa shape index (κ3) is 8.01. The Bertz CT molecular complexity index is 868. The molecule has 0 aliphatic heterocycles. The lowest BCUT2D eigenvalue weighted by molar-refractivity contribution is 0.471. The van der Waals surface area contributed by atoms with E-state index in [0.29, 0.717) is 18.8 Å². The van der Waals surface area contributed by atoms with Crippen LogP contribution in [-0.2, 0) is 23.1 Å². The first-order valence-corrected chi connectivity index (χ1v) is 11.0. The van der Waals surface area contributed by atoms with Crippen molar-refractivity contribution in [2.24, 2.45) is 4.99 Å². The van der Waals surface area contributed by atoms with E-state index in [-0.39, 0.29) is 24.0 Å². The monoisotopic (exact) mass is 523 g/mol. The number of aliphatic imine (C=N–C) groups is 1. The van der Waals surface area contributed by atoms with Crippen molar-refractivity contribution in [3.8, 4) is 0 Å². The molecule has 2 rings (SSSR count). The molecular formula is C17H26IN5O2S2. The first-order valence-electron chi connectivity index (χ1n) is 8.24. The fourth-order valence-corrected chi connectivity index (χ4v) is 3.59. The van der Waals surface area contributed by atoms with Gasteiger partial charge in [0.1, 0.15) is 0 Å². The van der Waals surface area contributed by atoms with Gasteiger partial charge in [-0.05, 0) is 25.5 Å². The van der Waals surface area contributed by atoms with Gasteiger partial charge in [0.15, 0.2) is 5.96 Å². The summed E-state index contributed by atoms with van der Waals surface area (Å²) in [5.41, 5.74) is 2.36. The van der Waals surface area contributed by atoms with E-state index in [1.165, 1.54) is 0 Å². The SMILES string of the molecule is CCNC(=NCc1ccccc1NS(C)(=O)=O)N(C)Cc1csc(C)n1.I. The highest BCUT2D eigenvalue weighted by atomic mass is 127. The van der Waals surface area contributed by atoms with Crippen molar-refractivity contribution in [3.05, 3.63) is 45.9 Å². The molecule has 1 aromatic heterocycles. The molecule has 0 unspecified atom stereocenters. The number of guanidine groups is 1. The fourth-order valence-electron chi connectivity index (χ4n) is 2.39. The second kappa shape index (κ2) is 10.8. The molecule has 7 nitrogen and oxygen atoms in total. The zero-order valence-electron chi connectivity index (χ0n) is 15.9. The molecule has 1 aromatic carbocycles. The molecule has 27 heavy (non-hydrogen) atoms. The molecular weight excluding hydrogens is 497 g/mol. The molecule has 0 aliphatic rings. The number of hydrogen-bond acceptors (Lipinski definition) is 5. The van der Waals surface area contributed by atoms with Crippen LogP contribution in [0.1, 0.15) is 23.2 Å². The van der Waals surface area contributed by atoms with Gasteiger partial charge in [0.05, 0.1) is 35.7 Å². The second-order valence-corrected chi connectivity index (χ2v) is 8.73. The number of sulfonamides is 1. The Labute approximate surface area is 182 Å². The van der Waals surface area contributed by atoms with Crippen LogP contribution < -0.4 is 10.0 Å². The van der Waals surface area contributed by atoms with Gasteiger partial charge in [0.25, 0.3) is 0 Å². The minimum absolute atomic E-state index is 0. The maximum Gasteiger partial charge on any atom is 0.229 e. The van der Waals surface area contributed by atoms with Crippen molar-refractivity contribution in [3.63, 3.8) is 0 Å². The highest BCUT2D eigenvalue weighted by molar-refractivity contribution is 14.0. The molecule has 0 saturated carbocycles. The molecule has 0 aliphatic carbocycles. The van der Waals surface area contributed by atoms with Gasteiger partial charge in [-0.25, -0.2) is 18.4 Å². The molecule has 150 valence electrons. The molecule has 0 bridgehead atoms. The van der Waals surface area contributed by atoms with Gasteiger partial charge < -0.3 is 10.2 Å². The molecule has 0 atom stereocenters. The summed E-state index contributed by atoms with van der Waals surface area (Å²) in [5, 5.41) is 6.34. The predicted molar refractivity (Wildman–Crippen MR) is 123 cm³/mol. The number of aryl methyl sites for hydroxylation is 1. The van der Waals surface area contributed by atoms with Crippen LogP contribution in [-0.4, -0.2) is 44.1 Å². The molecule has 0 amide bonds. The van der Waals surface area contributed by atoms with Gasteiger partial charge in [0.2, 0.25) is 10.0 Å². The Hall–Kier alpha value is -1.40. The van der Waals surface area contributed by atoms with Crippen LogP contribution in [0, 0.1) is 6.92 Å². The van der Waals surface area contributed by atoms with E-state index < -0.39 is 10.0 Å². The number of halogens is 1. The topological polar surface area (TPSA) is 86.7 Å². The summed E-state index contributed by atoms with van der Waals surface area (Å²) in [5.74, 6) is 0.743. The van der Waals surface area contributed by atoms with E-state index >= 15 is 0 Å². The molecule has 10 heteroatoms. The average Bonchev–Trinajstić information content (AvgIpc) is 2.96. The largest absolute Gasteiger partial charge is 0.357 e. The van der Waals surface area contributed by atoms with Crippen molar-refractivity contribution in [2.75, 3.05) is 24.6 Å². The zero-order valence-corrected chi connectivity index (χ0v) is 19.9. The number of aromatic nitrogens is 1. The summed E-state index contributed by atoms with van der Waals surface area (Å²) in [6, 6.07) is 7.26. The van der Waals surface area contributed by atoms with E-state index in [1.807, 2.05) is 43.3 Å². The zero-order chi connectivity index (χ0) is 19.2. The molecule has 0 saturated heterocycles. The minimum atomic E-state index is -3.33. The van der Waals surface area contributed by atoms with Crippen LogP contribution >= 0.6 is 35.3 Å². The van der Waals surface area contributed by atoms with Crippen LogP contribution in [0.2, 0.25) is 0 Å². The van der Waals surface area contributed by atoms with Crippen LogP contribution in [0.15, 0.2) is 34.6 Å². The standard InChI is InChI=1S/C17H25N5O2S2.HI/c1-5-18-17(22(3)11-15-12-25-13(2)20-15)19-10-14-8-6-7-9-16(14)21-26(4,23)24;/h6-9,12,21H,5,10-11H2,1-4H3,(H,18,19);1H. The number of para-hydroxylation sites is 1. The lowest BCUT2D eigenvalue weighted by Gasteiger charge is -2.21. The average molecular weight is 523 g/mol. The van der Waals surface area contributed by atoms with Crippen molar-refractivity contribution >= 4 is 57.0 Å². The third-order valence-electron chi connectivity index (χ3n) is 3.47. The van der Waals surface area contributed by atoms with E-state index in [4.69, 9.17) is 0 Å². The smallest absolute Gasteiger partial charge is 0.229 e. The van der Waals surface area contributed by atoms with Crippen LogP contribution in [0.25, 0.3) is 0 Å². The number of nitrogens with one attached hydrogen (secondary N) is 2. The maximum atomic E-state index is 11.5. The van der Waals surface area contributed by atoms with Crippen LogP contribution in [0.3, 0.4) is 0 Å². The molecule has 0 radical (unpaired) electrons. The van der Waals surface area contributed by atoms with Gasteiger partial charge in [-0.15, -0.1) is 35.3 Å². The van der Waals surface area contributed by atoms with Crippen molar-refractivity contribution in [2.45, 2.75) is 26.9 Å². The lowest BCUT2D eigenvalue weighted by Crippen LogP contribution is -2.38. The molecule has 1 heterocycles. The fraction of sp³-hybridized carbons (Fsp3) is 0.412. The number of hydrogen-bond donors (Lipinski definition) is 2. The Morgan fingerprint density at radius 1 is 1.33 bits per heavy atom. The van der Waals surface area contributed by atoms with E-state index in [2.05, 4.69) is 20.0 Å². The quantitative estimate of drug-likeness (QED) is 0.331. The maximum absolute atomic E-state index is 11.5. The molecule has 0 spiro atoms. The highest BCUT2D eigenvalue weighted by Gasteiger charge is 2.10. The normalized spacial score (nSPS) is 11.6. The molecule has 0 fully saturated rings. The Balaban J connectivity index is 0.00000364. The summed E-state index contributed by atoms with van der Waals surface area (Å²) >= 11 is 1.63. The number of rotatable bonds is 7. The van der Waals surface area contributed by atoms with Gasteiger partial charge in [-0.3, -0.25) is 4.72 Å². The van der Waals surface area contributed by atoms with Gasteiger partial charge in [-0.1, -0.05) is 18.2 Å². The summed E-state index contributed by atoms with van der Waals surface area (Å²) in [6.07, 6.45) is 1.14. The summed E-state index contributed by atoms with van der Waals surface area (Å²) in [6.45, 7) is 5.75. The summed E-state index contributed by atoms with van der Waals surface area (Å²) in [4.78, 5) is 11.1. The summed E-state index contributed by atoms with van der Waals surface area (Å²) < 4.78 is 25.6. The Morgan fingerprint density at radius 3 is 2.63 bits per heavy atom. The van der Waals surface area contributed by atoms with Crippen molar-refractivity contribution in [1.29, 1.82) is 0 Å². The summed E-state index contributed by atoms with van der Waals surface area (Å²) in [7, 11) is -1.38. The van der Waals surface area contributed by atoms with Gasteiger partial charge in [-0.2, -0.15) is 0 Å². The number of anilines is 1. The first-order chi connectivity index (χ1) is 12.3. The molecule has 2 N–H and O–H groups in total. The van der Waals surface area contributed by atoms with Crippen molar-refractivity contribution < 1.29 is 8.42 Å². The van der Waals surface area contributed by atoms with E-state index in [1.54, 1.807) is 23.5 Å². The van der Waals surface area contributed by atoms with Gasteiger partial charge >= 0.3 is 0 Å². The lowest BCUT2D eigenvalue weighted by atomic mass is 10.2. The predicted octanol–water partition coefficient (Wildman–Crippen LogP) is 3.04. The Kier molecular flexibility index (Phi) is 9.47. The number of benzene rings is 1. The Morgan fingerprint density at radius 2 is 2.04 bits per heavy atom. The third-order valence-corrected chi connectivity index (χ3v) is 4.89. The minimum Gasteiger partial charge on any atom is -0.357 e. The first kappa shape index (κ1) is 23.6. The van der Waals surface area contributed by atoms with Gasteiger partial charge in [0, 0.05) is 19.0 Å². The highest BCUT2D eigenvalue weighted by Crippen LogP contribution is 2.17. The van der Waals surface area contributed by atoms with Crippen LogP contribution in [0.4, 0.5) is 5.69 Å².